The smallest absolute Gasteiger partial charge is 0.159 e. The molecule has 1 saturated heterocycles. The van der Waals surface area contributed by atoms with Crippen LogP contribution in [-0.2, 0) is 4.84 Å². The number of rotatable bonds is 3. The summed E-state index contributed by atoms with van der Waals surface area (Å²) in [5, 5.41) is 23.9. The average molecular weight is 286 g/mol. The lowest BCUT2D eigenvalue weighted by atomic mass is 10.1. The summed E-state index contributed by atoms with van der Waals surface area (Å²) < 4.78 is 0. The second-order valence-electron chi connectivity index (χ2n) is 5.15. The molecule has 0 aliphatic carbocycles. The molecule has 2 aromatic rings. The van der Waals surface area contributed by atoms with Crippen molar-refractivity contribution in [1.29, 1.82) is 0 Å². The van der Waals surface area contributed by atoms with Gasteiger partial charge in [-0.2, -0.15) is 5.10 Å². The number of anilines is 1. The molecule has 1 aliphatic heterocycles. The van der Waals surface area contributed by atoms with Gasteiger partial charge in [-0.25, -0.2) is 0 Å². The largest absolute Gasteiger partial charge is 0.399 e. The molecule has 1 aliphatic rings. The Kier molecular flexibility index (Phi) is 3.96. The Bertz CT molecular complexity index is 651. The Morgan fingerprint density at radius 2 is 2.19 bits per heavy atom. The van der Waals surface area contributed by atoms with E-state index in [1.165, 1.54) is 7.11 Å². The van der Waals surface area contributed by atoms with Gasteiger partial charge in [-0.1, -0.05) is 11.2 Å². The van der Waals surface area contributed by atoms with Crippen molar-refractivity contribution in [3.05, 3.63) is 30.0 Å². The summed E-state index contributed by atoms with van der Waals surface area (Å²) in [6.07, 6.45) is 4.77. The third-order valence-electron chi connectivity index (χ3n) is 3.74. The maximum Gasteiger partial charge on any atom is 0.159 e. The van der Waals surface area contributed by atoms with Gasteiger partial charge in [0.1, 0.15) is 7.11 Å². The topological polar surface area (TPSA) is 70.8 Å². The third kappa shape index (κ3) is 2.95. The first kappa shape index (κ1) is 13.8. The van der Waals surface area contributed by atoms with E-state index in [0.717, 1.165) is 48.1 Å². The Morgan fingerprint density at radius 1 is 1.38 bits per heavy atom. The highest BCUT2D eigenvalue weighted by Gasteiger charge is 2.20. The molecule has 1 aromatic heterocycles. The van der Waals surface area contributed by atoms with Crippen molar-refractivity contribution >= 4 is 22.8 Å². The summed E-state index contributed by atoms with van der Waals surface area (Å²) in [6, 6.07) is 6.02. The molecule has 1 fully saturated rings. The predicted octanol–water partition coefficient (Wildman–Crippen LogP) is 1.57. The van der Waals surface area contributed by atoms with Crippen LogP contribution in [0.5, 0.6) is 0 Å². The lowest BCUT2D eigenvalue weighted by molar-refractivity contribution is 0.145. The van der Waals surface area contributed by atoms with Crippen LogP contribution in [0.1, 0.15) is 18.4 Å². The zero-order chi connectivity index (χ0) is 14.7. The SMILES string of the molecule is CON=Cc1ccc2c(N3CCC(O)CC3)nncc2c1. The molecule has 3 rings (SSSR count). The van der Waals surface area contributed by atoms with Crippen molar-refractivity contribution < 1.29 is 9.94 Å². The Labute approximate surface area is 123 Å². The van der Waals surface area contributed by atoms with Crippen LogP contribution in [0.2, 0.25) is 0 Å². The van der Waals surface area contributed by atoms with Crippen molar-refractivity contribution in [1.82, 2.24) is 10.2 Å². The summed E-state index contributed by atoms with van der Waals surface area (Å²) >= 11 is 0. The number of hydrogen-bond acceptors (Lipinski definition) is 6. The van der Waals surface area contributed by atoms with Crippen LogP contribution in [0.25, 0.3) is 10.8 Å². The first-order valence-corrected chi connectivity index (χ1v) is 7.03. The number of fused-ring (bicyclic) bond motifs is 1. The van der Waals surface area contributed by atoms with Crippen LogP contribution in [0.3, 0.4) is 0 Å². The van der Waals surface area contributed by atoms with Crippen molar-refractivity contribution in [3.8, 4) is 0 Å². The second kappa shape index (κ2) is 6.05. The number of oxime groups is 1. The minimum absolute atomic E-state index is 0.193. The van der Waals surface area contributed by atoms with Crippen molar-refractivity contribution in [2.45, 2.75) is 18.9 Å². The van der Waals surface area contributed by atoms with Gasteiger partial charge in [-0.3, -0.25) is 0 Å². The maximum atomic E-state index is 9.62. The summed E-state index contributed by atoms with van der Waals surface area (Å²) in [5.41, 5.74) is 0.956. The molecular weight excluding hydrogens is 268 g/mol. The first-order valence-electron chi connectivity index (χ1n) is 7.03. The van der Waals surface area contributed by atoms with Gasteiger partial charge in [0, 0.05) is 23.9 Å². The molecule has 1 N–H and O–H groups in total. The summed E-state index contributed by atoms with van der Waals surface area (Å²) in [5.74, 6) is 0.884. The van der Waals surface area contributed by atoms with E-state index in [0.29, 0.717) is 0 Å². The van der Waals surface area contributed by atoms with Crippen LogP contribution < -0.4 is 4.90 Å². The third-order valence-corrected chi connectivity index (χ3v) is 3.74. The zero-order valence-corrected chi connectivity index (χ0v) is 11.9. The minimum atomic E-state index is -0.193. The van der Waals surface area contributed by atoms with Crippen LogP contribution in [-0.4, -0.2) is 47.8 Å². The number of benzene rings is 1. The van der Waals surface area contributed by atoms with Crippen LogP contribution in [0.15, 0.2) is 29.6 Å². The van der Waals surface area contributed by atoms with E-state index in [-0.39, 0.29) is 6.10 Å². The molecule has 6 heteroatoms. The highest BCUT2D eigenvalue weighted by molar-refractivity contribution is 5.95. The molecule has 0 spiro atoms. The molecule has 1 aromatic carbocycles. The fourth-order valence-electron chi connectivity index (χ4n) is 2.60. The number of aliphatic hydroxyl groups excluding tert-OH is 1. The molecule has 0 radical (unpaired) electrons. The zero-order valence-electron chi connectivity index (χ0n) is 11.9. The lowest BCUT2D eigenvalue weighted by Crippen LogP contribution is -2.36. The summed E-state index contributed by atoms with van der Waals surface area (Å²) in [7, 11) is 1.52. The average Bonchev–Trinajstić information content (AvgIpc) is 2.53. The minimum Gasteiger partial charge on any atom is -0.399 e. The highest BCUT2D eigenvalue weighted by Crippen LogP contribution is 2.26. The number of aromatic nitrogens is 2. The van der Waals surface area contributed by atoms with E-state index in [4.69, 9.17) is 4.84 Å². The molecule has 0 bridgehead atoms. The Balaban J connectivity index is 1.94. The Hall–Kier alpha value is -2.21. The first-order chi connectivity index (χ1) is 10.3. The standard InChI is InChI=1S/C15H18N4O2/c1-21-17-9-11-2-3-14-12(8-11)10-16-18-15(14)19-6-4-13(20)5-7-19/h2-3,8-10,13,20H,4-7H2,1H3. The molecule has 2 heterocycles. The van der Waals surface area contributed by atoms with Gasteiger partial charge in [0.2, 0.25) is 0 Å². The van der Waals surface area contributed by atoms with Gasteiger partial charge in [0.25, 0.3) is 0 Å². The fraction of sp³-hybridized carbons (Fsp3) is 0.400. The van der Waals surface area contributed by atoms with Crippen molar-refractivity contribution in [2.75, 3.05) is 25.1 Å². The molecule has 0 atom stereocenters. The molecule has 6 nitrogen and oxygen atoms in total. The van der Waals surface area contributed by atoms with Gasteiger partial charge in [0.15, 0.2) is 5.82 Å². The van der Waals surface area contributed by atoms with Crippen molar-refractivity contribution in [3.63, 3.8) is 0 Å². The summed E-state index contributed by atoms with van der Waals surface area (Å²) in [4.78, 5) is 6.88. The lowest BCUT2D eigenvalue weighted by Gasteiger charge is -2.30. The number of nitrogens with zero attached hydrogens (tertiary/aromatic N) is 4. The second-order valence-corrected chi connectivity index (χ2v) is 5.15. The molecule has 0 saturated carbocycles. The van der Waals surface area contributed by atoms with Crippen molar-refractivity contribution in [2.24, 2.45) is 5.16 Å². The Morgan fingerprint density at radius 3 is 2.95 bits per heavy atom. The fourth-order valence-corrected chi connectivity index (χ4v) is 2.60. The number of hydrogen-bond donors (Lipinski definition) is 1. The van der Waals surface area contributed by atoms with E-state index in [1.807, 2.05) is 18.2 Å². The van der Waals surface area contributed by atoms with Gasteiger partial charge >= 0.3 is 0 Å². The number of aliphatic hydroxyl groups is 1. The van der Waals surface area contributed by atoms with Crippen LogP contribution in [0, 0.1) is 0 Å². The van der Waals surface area contributed by atoms with E-state index in [9.17, 15) is 5.11 Å². The van der Waals surface area contributed by atoms with E-state index in [2.05, 4.69) is 20.3 Å². The normalized spacial score (nSPS) is 16.8. The maximum absolute atomic E-state index is 9.62. The quantitative estimate of drug-likeness (QED) is 0.685. The summed E-state index contributed by atoms with van der Waals surface area (Å²) in [6.45, 7) is 1.61. The van der Waals surface area contributed by atoms with Gasteiger partial charge < -0.3 is 14.8 Å². The monoisotopic (exact) mass is 286 g/mol. The molecular formula is C15H18N4O2. The van der Waals surface area contributed by atoms with E-state index in [1.54, 1.807) is 12.4 Å². The van der Waals surface area contributed by atoms with Crippen LogP contribution >= 0.6 is 0 Å². The molecule has 0 unspecified atom stereocenters. The van der Waals surface area contributed by atoms with Gasteiger partial charge in [-0.15, -0.1) is 5.10 Å². The van der Waals surface area contributed by atoms with E-state index < -0.39 is 0 Å². The van der Waals surface area contributed by atoms with Gasteiger partial charge in [0.05, 0.1) is 18.5 Å². The van der Waals surface area contributed by atoms with Gasteiger partial charge in [-0.05, 0) is 30.5 Å². The molecule has 110 valence electrons. The van der Waals surface area contributed by atoms with E-state index >= 15 is 0 Å². The number of piperidine rings is 1. The predicted molar refractivity (Wildman–Crippen MR) is 81.6 cm³/mol. The highest BCUT2D eigenvalue weighted by atomic mass is 16.6. The molecule has 0 amide bonds. The molecule has 21 heavy (non-hydrogen) atoms. The van der Waals surface area contributed by atoms with Crippen LogP contribution in [0.4, 0.5) is 5.82 Å².